The Labute approximate surface area is 163 Å². The summed E-state index contributed by atoms with van der Waals surface area (Å²) in [6, 6.07) is -0.733. The van der Waals surface area contributed by atoms with E-state index in [9.17, 15) is 14.7 Å². The lowest BCUT2D eigenvalue weighted by atomic mass is 10.2. The first-order valence-electron chi connectivity index (χ1n) is 8.67. The summed E-state index contributed by atoms with van der Waals surface area (Å²) in [6.45, 7) is 12.7. The zero-order chi connectivity index (χ0) is 20.6. The maximum absolute atomic E-state index is 12.1. The van der Waals surface area contributed by atoms with E-state index in [1.165, 1.54) is 23.6 Å². The van der Waals surface area contributed by atoms with E-state index in [1.54, 1.807) is 6.20 Å². The first-order chi connectivity index (χ1) is 12.3. The van der Waals surface area contributed by atoms with Crippen LogP contribution in [-0.2, 0) is 9.59 Å². The summed E-state index contributed by atoms with van der Waals surface area (Å²) < 4.78 is 11.7. The van der Waals surface area contributed by atoms with Gasteiger partial charge in [-0.1, -0.05) is 0 Å². The highest BCUT2D eigenvalue weighted by molar-refractivity contribution is 7.99. The molecule has 1 aliphatic heterocycles. The Bertz CT molecular complexity index is 727. The average Bonchev–Trinajstić information content (AvgIpc) is 2.89. The van der Waals surface area contributed by atoms with E-state index in [0.717, 1.165) is 0 Å². The number of ether oxygens (including phenoxy) is 2. The standard InChI is InChI=1S/C18H27N3O5S/c1-10(22)21-12(15(23)24)9-27-14(21)11-8-19-16(26-18(5,6)7)20-13(11)25-17(2,3)4/h8,12,14H,9H2,1-7H3,(H,23,24)/t12-,14+/m0/s1. The van der Waals surface area contributed by atoms with Gasteiger partial charge in [-0.15, -0.1) is 11.8 Å². The van der Waals surface area contributed by atoms with Crippen LogP contribution in [-0.4, -0.2) is 54.8 Å². The molecule has 0 bridgehead atoms. The van der Waals surface area contributed by atoms with E-state index in [2.05, 4.69) is 9.97 Å². The zero-order valence-corrected chi connectivity index (χ0v) is 17.6. The van der Waals surface area contributed by atoms with Crippen molar-refractivity contribution in [1.29, 1.82) is 0 Å². The lowest BCUT2D eigenvalue weighted by molar-refractivity contribution is -0.148. The van der Waals surface area contributed by atoms with Gasteiger partial charge in [-0.05, 0) is 41.5 Å². The van der Waals surface area contributed by atoms with Crippen molar-refractivity contribution in [2.45, 2.75) is 71.1 Å². The molecule has 27 heavy (non-hydrogen) atoms. The SMILES string of the molecule is CC(=O)N1[C@@H](c2cnc(OC(C)(C)C)nc2OC(C)(C)C)SC[C@H]1C(=O)O. The first-order valence-corrected chi connectivity index (χ1v) is 9.71. The molecule has 1 saturated heterocycles. The lowest BCUT2D eigenvalue weighted by Crippen LogP contribution is -2.42. The Morgan fingerprint density at radius 2 is 1.78 bits per heavy atom. The number of rotatable bonds is 4. The van der Waals surface area contributed by atoms with Gasteiger partial charge in [-0.25, -0.2) is 9.78 Å². The number of carbonyl (C=O) groups excluding carboxylic acids is 1. The smallest absolute Gasteiger partial charge is 0.327 e. The quantitative estimate of drug-likeness (QED) is 0.827. The normalized spacial score (nSPS) is 20.5. The predicted molar refractivity (Wildman–Crippen MR) is 102 cm³/mol. The van der Waals surface area contributed by atoms with Crippen molar-refractivity contribution < 1.29 is 24.2 Å². The predicted octanol–water partition coefficient (Wildman–Crippen LogP) is 2.88. The summed E-state index contributed by atoms with van der Waals surface area (Å²) in [7, 11) is 0. The van der Waals surface area contributed by atoms with Crippen LogP contribution in [0.15, 0.2) is 6.20 Å². The largest absolute Gasteiger partial charge is 0.480 e. The van der Waals surface area contributed by atoms with Crippen LogP contribution in [0.5, 0.6) is 11.9 Å². The fraction of sp³-hybridized carbons (Fsp3) is 0.667. The van der Waals surface area contributed by atoms with Crippen LogP contribution in [0.4, 0.5) is 0 Å². The van der Waals surface area contributed by atoms with Crippen molar-refractivity contribution in [2.24, 2.45) is 0 Å². The highest BCUT2D eigenvalue weighted by Crippen LogP contribution is 2.44. The molecular formula is C18H27N3O5S. The molecule has 1 N–H and O–H groups in total. The number of carbonyl (C=O) groups is 2. The minimum Gasteiger partial charge on any atom is -0.480 e. The van der Waals surface area contributed by atoms with Crippen LogP contribution in [0.1, 0.15) is 59.4 Å². The Balaban J connectivity index is 2.48. The number of thioether (sulfide) groups is 1. The van der Waals surface area contributed by atoms with Gasteiger partial charge in [-0.2, -0.15) is 4.98 Å². The molecule has 0 radical (unpaired) electrons. The second kappa shape index (κ2) is 7.53. The molecule has 0 saturated carbocycles. The molecule has 9 heteroatoms. The number of carboxylic acids is 1. The van der Waals surface area contributed by atoms with Crippen LogP contribution < -0.4 is 9.47 Å². The van der Waals surface area contributed by atoms with Gasteiger partial charge < -0.3 is 19.5 Å². The fourth-order valence-electron chi connectivity index (χ4n) is 2.55. The van der Waals surface area contributed by atoms with Crippen LogP contribution >= 0.6 is 11.8 Å². The van der Waals surface area contributed by atoms with E-state index < -0.39 is 28.6 Å². The molecule has 1 aromatic heterocycles. The van der Waals surface area contributed by atoms with Crippen LogP contribution in [0.2, 0.25) is 0 Å². The summed E-state index contributed by atoms with van der Waals surface area (Å²) in [5, 5.41) is 8.90. The van der Waals surface area contributed by atoms with Gasteiger partial charge in [0.05, 0.1) is 5.56 Å². The van der Waals surface area contributed by atoms with E-state index >= 15 is 0 Å². The summed E-state index contributed by atoms with van der Waals surface area (Å²) in [5.74, 6) is -0.790. The molecule has 1 aliphatic rings. The van der Waals surface area contributed by atoms with Crippen LogP contribution in [0, 0.1) is 0 Å². The molecule has 0 unspecified atom stereocenters. The summed E-state index contributed by atoms with van der Waals surface area (Å²) in [5.41, 5.74) is -0.476. The number of nitrogens with zero attached hydrogens (tertiary/aromatic N) is 3. The van der Waals surface area contributed by atoms with Crippen molar-refractivity contribution in [3.63, 3.8) is 0 Å². The number of hydrogen-bond acceptors (Lipinski definition) is 7. The molecule has 0 spiro atoms. The van der Waals surface area contributed by atoms with Gasteiger partial charge in [0.2, 0.25) is 11.8 Å². The van der Waals surface area contributed by atoms with Crippen molar-refractivity contribution in [2.75, 3.05) is 5.75 Å². The van der Waals surface area contributed by atoms with Crippen molar-refractivity contribution in [1.82, 2.24) is 14.9 Å². The zero-order valence-electron chi connectivity index (χ0n) is 16.8. The summed E-state index contributed by atoms with van der Waals surface area (Å²) >= 11 is 1.35. The third-order valence-corrected chi connectivity index (χ3v) is 4.78. The van der Waals surface area contributed by atoms with Crippen molar-refractivity contribution in [3.05, 3.63) is 11.8 Å². The fourth-order valence-corrected chi connectivity index (χ4v) is 4.01. The molecule has 2 heterocycles. The minimum atomic E-state index is -1.04. The molecule has 0 aromatic carbocycles. The third-order valence-electron chi connectivity index (χ3n) is 3.47. The highest BCUT2D eigenvalue weighted by Gasteiger charge is 2.43. The van der Waals surface area contributed by atoms with E-state index in [-0.39, 0.29) is 23.6 Å². The van der Waals surface area contributed by atoms with Gasteiger partial charge in [0.1, 0.15) is 22.6 Å². The second-order valence-electron chi connectivity index (χ2n) is 8.31. The number of aromatic nitrogens is 2. The Morgan fingerprint density at radius 1 is 1.19 bits per heavy atom. The minimum absolute atomic E-state index is 0.164. The number of aliphatic carboxylic acids is 1. The maximum atomic E-state index is 12.1. The van der Waals surface area contributed by atoms with Gasteiger partial charge in [-0.3, -0.25) is 4.79 Å². The van der Waals surface area contributed by atoms with Crippen molar-refractivity contribution >= 4 is 23.6 Å². The van der Waals surface area contributed by atoms with Gasteiger partial charge in [0, 0.05) is 18.9 Å². The molecule has 2 rings (SSSR count). The second-order valence-corrected chi connectivity index (χ2v) is 9.42. The Hall–Kier alpha value is -2.03. The van der Waals surface area contributed by atoms with Gasteiger partial charge >= 0.3 is 12.0 Å². The monoisotopic (exact) mass is 397 g/mol. The van der Waals surface area contributed by atoms with E-state index in [4.69, 9.17) is 9.47 Å². The van der Waals surface area contributed by atoms with Crippen molar-refractivity contribution in [3.8, 4) is 11.9 Å². The molecule has 1 amide bonds. The number of carboxylic acid groups (broad SMARTS) is 1. The first kappa shape index (κ1) is 21.3. The molecular weight excluding hydrogens is 370 g/mol. The third kappa shape index (κ3) is 5.47. The molecule has 2 atom stereocenters. The molecule has 150 valence electrons. The van der Waals surface area contributed by atoms with Crippen LogP contribution in [0.25, 0.3) is 0 Å². The van der Waals surface area contributed by atoms with Gasteiger partial charge in [0.25, 0.3) is 0 Å². The summed E-state index contributed by atoms with van der Waals surface area (Å²) in [6.07, 6.45) is 1.55. The Kier molecular flexibility index (Phi) is 5.94. The van der Waals surface area contributed by atoms with Crippen LogP contribution in [0.3, 0.4) is 0 Å². The average molecular weight is 397 g/mol. The maximum Gasteiger partial charge on any atom is 0.327 e. The van der Waals surface area contributed by atoms with Gasteiger partial charge in [0.15, 0.2) is 0 Å². The topological polar surface area (TPSA) is 102 Å². The molecule has 0 aliphatic carbocycles. The molecule has 1 fully saturated rings. The Morgan fingerprint density at radius 3 is 2.26 bits per heavy atom. The summed E-state index contributed by atoms with van der Waals surface area (Å²) in [4.78, 5) is 33.7. The number of amides is 1. The lowest BCUT2D eigenvalue weighted by Gasteiger charge is -2.29. The molecule has 8 nitrogen and oxygen atoms in total. The van der Waals surface area contributed by atoms with E-state index in [0.29, 0.717) is 5.56 Å². The number of hydrogen-bond donors (Lipinski definition) is 1. The molecule has 1 aromatic rings. The van der Waals surface area contributed by atoms with E-state index in [1.807, 2.05) is 41.5 Å². The highest BCUT2D eigenvalue weighted by atomic mass is 32.2.